The number of carbonyl (C=O) groups is 1. The molecule has 0 saturated carbocycles. The molecule has 0 unspecified atom stereocenters. The SMILES string of the molecule is O=C(Cc1nc2cnc3[nH]ccc3c2[nH]1)NCCOc1ccncc1. The molecule has 0 fully saturated rings. The lowest BCUT2D eigenvalue weighted by Gasteiger charge is -2.06. The van der Waals surface area contributed by atoms with Crippen molar-refractivity contribution in [3.05, 3.63) is 48.8 Å². The Morgan fingerprint density at radius 3 is 3.00 bits per heavy atom. The third-order valence-electron chi connectivity index (χ3n) is 3.76. The fourth-order valence-corrected chi connectivity index (χ4v) is 2.62. The predicted molar refractivity (Wildman–Crippen MR) is 92.2 cm³/mol. The molecule has 4 rings (SSSR count). The summed E-state index contributed by atoms with van der Waals surface area (Å²) in [5.74, 6) is 1.22. The Kier molecular flexibility index (Phi) is 3.99. The molecule has 4 aromatic rings. The van der Waals surface area contributed by atoms with Crippen LogP contribution in [0.25, 0.3) is 22.1 Å². The lowest BCUT2D eigenvalue weighted by Crippen LogP contribution is -2.29. The fraction of sp³-hybridized carbons (Fsp3) is 0.176. The highest BCUT2D eigenvalue weighted by molar-refractivity contribution is 6.00. The van der Waals surface area contributed by atoms with Gasteiger partial charge in [-0.1, -0.05) is 0 Å². The summed E-state index contributed by atoms with van der Waals surface area (Å²) in [4.78, 5) is 30.9. The molecule has 0 saturated heterocycles. The van der Waals surface area contributed by atoms with E-state index < -0.39 is 0 Å². The zero-order valence-corrected chi connectivity index (χ0v) is 13.3. The highest BCUT2D eigenvalue weighted by Crippen LogP contribution is 2.20. The zero-order valence-electron chi connectivity index (χ0n) is 13.3. The Hall–Kier alpha value is -3.42. The maximum atomic E-state index is 12.1. The second-order valence-electron chi connectivity index (χ2n) is 5.50. The lowest BCUT2D eigenvalue weighted by atomic mass is 10.3. The van der Waals surface area contributed by atoms with Gasteiger partial charge in [0, 0.05) is 24.0 Å². The number of ether oxygens (including phenoxy) is 1. The van der Waals surface area contributed by atoms with Crippen molar-refractivity contribution in [1.29, 1.82) is 0 Å². The van der Waals surface area contributed by atoms with Crippen LogP contribution in [0.2, 0.25) is 0 Å². The van der Waals surface area contributed by atoms with Crippen LogP contribution in [-0.2, 0) is 11.2 Å². The summed E-state index contributed by atoms with van der Waals surface area (Å²) >= 11 is 0. The maximum absolute atomic E-state index is 12.1. The van der Waals surface area contributed by atoms with Gasteiger partial charge in [0.2, 0.25) is 5.91 Å². The van der Waals surface area contributed by atoms with E-state index in [9.17, 15) is 4.79 Å². The minimum atomic E-state index is -0.115. The van der Waals surface area contributed by atoms with Gasteiger partial charge in [-0.3, -0.25) is 9.78 Å². The molecule has 0 bridgehead atoms. The van der Waals surface area contributed by atoms with Gasteiger partial charge in [0.25, 0.3) is 0 Å². The number of imidazole rings is 1. The van der Waals surface area contributed by atoms with Gasteiger partial charge < -0.3 is 20.0 Å². The van der Waals surface area contributed by atoms with E-state index in [1.165, 1.54) is 0 Å². The van der Waals surface area contributed by atoms with Gasteiger partial charge >= 0.3 is 0 Å². The number of nitrogens with one attached hydrogen (secondary N) is 3. The first kappa shape index (κ1) is 15.1. The van der Waals surface area contributed by atoms with E-state index in [-0.39, 0.29) is 12.3 Å². The second kappa shape index (κ2) is 6.60. The fourth-order valence-electron chi connectivity index (χ4n) is 2.62. The summed E-state index contributed by atoms with van der Waals surface area (Å²) in [5, 5.41) is 3.78. The number of rotatable bonds is 6. The molecule has 0 aliphatic rings. The number of fused-ring (bicyclic) bond motifs is 3. The van der Waals surface area contributed by atoms with Crippen LogP contribution in [0.3, 0.4) is 0 Å². The zero-order chi connectivity index (χ0) is 17.1. The van der Waals surface area contributed by atoms with E-state index in [0.717, 1.165) is 27.8 Å². The molecule has 0 aliphatic heterocycles. The van der Waals surface area contributed by atoms with Crippen molar-refractivity contribution < 1.29 is 9.53 Å². The van der Waals surface area contributed by atoms with Crippen LogP contribution >= 0.6 is 0 Å². The average molecular weight is 336 g/mol. The van der Waals surface area contributed by atoms with Gasteiger partial charge in [0.1, 0.15) is 29.3 Å². The van der Waals surface area contributed by atoms with Gasteiger partial charge in [-0.05, 0) is 18.2 Å². The Morgan fingerprint density at radius 1 is 1.24 bits per heavy atom. The Balaban J connectivity index is 1.34. The van der Waals surface area contributed by atoms with Crippen molar-refractivity contribution in [3.8, 4) is 5.75 Å². The van der Waals surface area contributed by atoms with E-state index in [4.69, 9.17) is 4.74 Å². The van der Waals surface area contributed by atoms with Crippen molar-refractivity contribution >= 4 is 28.0 Å². The van der Waals surface area contributed by atoms with Gasteiger partial charge in [0.15, 0.2) is 0 Å². The van der Waals surface area contributed by atoms with Crippen molar-refractivity contribution in [2.24, 2.45) is 0 Å². The van der Waals surface area contributed by atoms with Crippen molar-refractivity contribution in [2.75, 3.05) is 13.2 Å². The molecule has 0 radical (unpaired) electrons. The Morgan fingerprint density at radius 2 is 2.12 bits per heavy atom. The molecule has 8 nitrogen and oxygen atoms in total. The number of amides is 1. The van der Waals surface area contributed by atoms with E-state index in [0.29, 0.717) is 19.0 Å². The summed E-state index contributed by atoms with van der Waals surface area (Å²) in [6, 6.07) is 5.47. The van der Waals surface area contributed by atoms with Gasteiger partial charge in [-0.15, -0.1) is 0 Å². The quantitative estimate of drug-likeness (QED) is 0.463. The summed E-state index contributed by atoms with van der Waals surface area (Å²) in [5.41, 5.74) is 2.42. The number of carbonyl (C=O) groups excluding carboxylic acids is 1. The number of nitrogens with zero attached hydrogens (tertiary/aromatic N) is 3. The number of pyridine rings is 2. The Labute approximate surface area is 142 Å². The standard InChI is InChI=1S/C17H16N6O2/c24-15(19-7-8-25-11-1-4-18-5-2-11)9-14-22-13-10-21-17-12(3-6-20-17)16(13)23-14/h1-6,10H,7-9H2,(H,19,24)(H,20,21)(H,22,23). The van der Waals surface area contributed by atoms with Gasteiger partial charge in [-0.25, -0.2) is 9.97 Å². The predicted octanol–water partition coefficient (Wildman–Crippen LogP) is 1.57. The minimum absolute atomic E-state index is 0.115. The van der Waals surface area contributed by atoms with E-state index in [1.807, 2.05) is 12.3 Å². The van der Waals surface area contributed by atoms with E-state index >= 15 is 0 Å². The van der Waals surface area contributed by atoms with Crippen LogP contribution < -0.4 is 10.1 Å². The maximum Gasteiger partial charge on any atom is 0.227 e. The number of hydrogen-bond donors (Lipinski definition) is 3. The first-order chi connectivity index (χ1) is 12.3. The van der Waals surface area contributed by atoms with E-state index in [2.05, 4.69) is 30.2 Å². The molecule has 0 atom stereocenters. The average Bonchev–Trinajstić information content (AvgIpc) is 3.25. The third-order valence-corrected chi connectivity index (χ3v) is 3.76. The summed E-state index contributed by atoms with van der Waals surface area (Å²) in [6.07, 6.45) is 7.01. The topological polar surface area (TPSA) is 109 Å². The first-order valence-electron chi connectivity index (χ1n) is 7.90. The highest BCUT2D eigenvalue weighted by Gasteiger charge is 2.11. The summed E-state index contributed by atoms with van der Waals surface area (Å²) in [6.45, 7) is 0.814. The molecular weight excluding hydrogens is 320 g/mol. The number of aromatic amines is 2. The van der Waals surface area contributed by atoms with Gasteiger partial charge in [0.05, 0.1) is 24.7 Å². The monoisotopic (exact) mass is 336 g/mol. The molecular formula is C17H16N6O2. The molecule has 1 amide bonds. The molecule has 4 aromatic heterocycles. The highest BCUT2D eigenvalue weighted by atomic mass is 16.5. The summed E-state index contributed by atoms with van der Waals surface area (Å²) < 4.78 is 5.50. The molecule has 4 heterocycles. The second-order valence-corrected chi connectivity index (χ2v) is 5.50. The smallest absolute Gasteiger partial charge is 0.227 e. The largest absolute Gasteiger partial charge is 0.492 e. The third kappa shape index (κ3) is 3.27. The first-order valence-corrected chi connectivity index (χ1v) is 7.90. The molecule has 0 spiro atoms. The van der Waals surface area contributed by atoms with Crippen LogP contribution in [0.4, 0.5) is 0 Å². The molecule has 3 N–H and O–H groups in total. The minimum Gasteiger partial charge on any atom is -0.492 e. The van der Waals surface area contributed by atoms with Crippen LogP contribution in [0, 0.1) is 0 Å². The van der Waals surface area contributed by atoms with Crippen molar-refractivity contribution in [3.63, 3.8) is 0 Å². The summed E-state index contributed by atoms with van der Waals surface area (Å²) in [7, 11) is 0. The van der Waals surface area contributed by atoms with Crippen LogP contribution in [-0.4, -0.2) is 44.0 Å². The van der Waals surface area contributed by atoms with E-state index in [1.54, 1.807) is 30.7 Å². The van der Waals surface area contributed by atoms with Crippen LogP contribution in [0.5, 0.6) is 5.75 Å². The normalized spacial score (nSPS) is 11.0. The van der Waals surface area contributed by atoms with Crippen molar-refractivity contribution in [2.45, 2.75) is 6.42 Å². The number of aromatic nitrogens is 5. The number of hydrogen-bond acceptors (Lipinski definition) is 5. The van der Waals surface area contributed by atoms with Crippen LogP contribution in [0.15, 0.2) is 43.0 Å². The molecule has 0 aliphatic carbocycles. The lowest BCUT2D eigenvalue weighted by molar-refractivity contribution is -0.120. The molecule has 25 heavy (non-hydrogen) atoms. The molecule has 126 valence electrons. The van der Waals surface area contributed by atoms with Crippen LogP contribution in [0.1, 0.15) is 5.82 Å². The Bertz CT molecular complexity index is 1010. The molecule has 8 heteroatoms. The van der Waals surface area contributed by atoms with Crippen molar-refractivity contribution in [1.82, 2.24) is 30.2 Å². The number of H-pyrrole nitrogens is 2. The van der Waals surface area contributed by atoms with Gasteiger partial charge in [-0.2, -0.15) is 0 Å². The molecule has 0 aromatic carbocycles.